The SMILES string of the molecule is CCc1cc(N)c2c(Br)c(F)cc(C)c2n1. The fourth-order valence-corrected chi connectivity index (χ4v) is 2.29. The van der Waals surface area contributed by atoms with E-state index in [-0.39, 0.29) is 5.82 Å². The average Bonchev–Trinajstić information content (AvgIpc) is 2.25. The molecule has 0 radical (unpaired) electrons. The van der Waals surface area contributed by atoms with Gasteiger partial charge in [0.25, 0.3) is 0 Å². The Balaban J connectivity index is 2.94. The summed E-state index contributed by atoms with van der Waals surface area (Å²) in [7, 11) is 0. The molecular weight excluding hydrogens is 271 g/mol. The molecule has 1 aromatic carbocycles. The maximum absolute atomic E-state index is 13.5. The number of nitrogens with zero attached hydrogens (tertiary/aromatic N) is 1. The van der Waals surface area contributed by atoms with E-state index >= 15 is 0 Å². The number of fused-ring (bicyclic) bond motifs is 1. The summed E-state index contributed by atoms with van der Waals surface area (Å²) in [4.78, 5) is 4.48. The Morgan fingerprint density at radius 3 is 2.75 bits per heavy atom. The van der Waals surface area contributed by atoms with E-state index in [1.807, 2.05) is 13.8 Å². The van der Waals surface area contributed by atoms with Crippen LogP contribution in [0.3, 0.4) is 0 Å². The Bertz CT molecular complexity index is 567. The first-order valence-corrected chi connectivity index (χ1v) is 5.87. The zero-order chi connectivity index (χ0) is 11.9. The molecule has 0 aliphatic carbocycles. The highest BCUT2D eigenvalue weighted by Crippen LogP contribution is 2.33. The Morgan fingerprint density at radius 1 is 1.44 bits per heavy atom. The summed E-state index contributed by atoms with van der Waals surface area (Å²) in [6, 6.07) is 3.27. The number of halogens is 2. The Kier molecular flexibility index (Phi) is 2.84. The van der Waals surface area contributed by atoms with E-state index in [1.165, 1.54) is 6.07 Å². The van der Waals surface area contributed by atoms with Gasteiger partial charge < -0.3 is 5.73 Å². The molecule has 2 rings (SSSR count). The van der Waals surface area contributed by atoms with Gasteiger partial charge in [0.2, 0.25) is 0 Å². The molecule has 4 heteroatoms. The number of benzene rings is 1. The van der Waals surface area contributed by atoms with Crippen molar-refractivity contribution in [3.63, 3.8) is 0 Å². The minimum Gasteiger partial charge on any atom is -0.398 e. The molecule has 84 valence electrons. The smallest absolute Gasteiger partial charge is 0.138 e. The number of hydrogen-bond donors (Lipinski definition) is 1. The molecule has 1 heterocycles. The molecule has 0 unspecified atom stereocenters. The predicted molar refractivity (Wildman–Crippen MR) is 67.9 cm³/mol. The van der Waals surface area contributed by atoms with Crippen molar-refractivity contribution in [2.24, 2.45) is 0 Å². The second-order valence-electron chi connectivity index (χ2n) is 3.77. The number of nitrogen functional groups attached to an aromatic ring is 1. The molecule has 1 aromatic heterocycles. The maximum Gasteiger partial charge on any atom is 0.138 e. The van der Waals surface area contributed by atoms with Crippen LogP contribution in [0, 0.1) is 12.7 Å². The molecule has 0 bridgehead atoms. The maximum atomic E-state index is 13.5. The fourth-order valence-electron chi connectivity index (χ4n) is 1.76. The number of hydrogen-bond acceptors (Lipinski definition) is 2. The van der Waals surface area contributed by atoms with E-state index < -0.39 is 0 Å². The third-order valence-corrected chi connectivity index (χ3v) is 3.39. The van der Waals surface area contributed by atoms with Crippen molar-refractivity contribution >= 4 is 32.5 Å². The van der Waals surface area contributed by atoms with Gasteiger partial charge in [-0.3, -0.25) is 4.98 Å². The highest BCUT2D eigenvalue weighted by molar-refractivity contribution is 9.10. The summed E-state index contributed by atoms with van der Waals surface area (Å²) in [5.74, 6) is -0.303. The molecule has 2 nitrogen and oxygen atoms in total. The lowest BCUT2D eigenvalue weighted by Crippen LogP contribution is -1.98. The average molecular weight is 283 g/mol. The number of aromatic nitrogens is 1. The second kappa shape index (κ2) is 4.01. The largest absolute Gasteiger partial charge is 0.398 e. The van der Waals surface area contributed by atoms with Crippen LogP contribution in [0.4, 0.5) is 10.1 Å². The van der Waals surface area contributed by atoms with Crippen molar-refractivity contribution in [3.05, 3.63) is 33.7 Å². The summed E-state index contributed by atoms with van der Waals surface area (Å²) in [5, 5.41) is 0.662. The normalized spacial score (nSPS) is 11.0. The van der Waals surface area contributed by atoms with Crippen LogP contribution in [0.2, 0.25) is 0 Å². The van der Waals surface area contributed by atoms with Crippen molar-refractivity contribution in [2.75, 3.05) is 5.73 Å². The topological polar surface area (TPSA) is 38.9 Å². The molecule has 0 aliphatic heterocycles. The molecular formula is C12H12BrFN2. The van der Waals surface area contributed by atoms with Crippen molar-refractivity contribution < 1.29 is 4.39 Å². The van der Waals surface area contributed by atoms with E-state index in [1.54, 1.807) is 6.07 Å². The first kappa shape index (κ1) is 11.3. The number of anilines is 1. The van der Waals surface area contributed by atoms with Crippen molar-refractivity contribution in [2.45, 2.75) is 20.3 Å². The van der Waals surface area contributed by atoms with E-state index in [2.05, 4.69) is 20.9 Å². The molecule has 16 heavy (non-hydrogen) atoms. The quantitative estimate of drug-likeness (QED) is 0.868. The van der Waals surface area contributed by atoms with Gasteiger partial charge in [-0.2, -0.15) is 0 Å². The first-order chi connectivity index (χ1) is 7.54. The summed E-state index contributed by atoms with van der Waals surface area (Å²) >= 11 is 3.22. The van der Waals surface area contributed by atoms with Crippen molar-refractivity contribution in [1.82, 2.24) is 4.98 Å². The molecule has 0 spiro atoms. The lowest BCUT2D eigenvalue weighted by molar-refractivity contribution is 0.622. The van der Waals surface area contributed by atoms with Crippen LogP contribution in [-0.4, -0.2) is 4.98 Å². The zero-order valence-corrected chi connectivity index (χ0v) is 10.7. The lowest BCUT2D eigenvalue weighted by atomic mass is 10.1. The van der Waals surface area contributed by atoms with Gasteiger partial charge in [-0.1, -0.05) is 6.92 Å². The molecule has 0 aliphatic rings. The summed E-state index contributed by atoms with van der Waals surface area (Å²) in [6.45, 7) is 3.85. The summed E-state index contributed by atoms with van der Waals surface area (Å²) < 4.78 is 13.9. The molecule has 0 fully saturated rings. The van der Waals surface area contributed by atoms with Crippen LogP contribution in [-0.2, 0) is 6.42 Å². The highest BCUT2D eigenvalue weighted by atomic mass is 79.9. The van der Waals surface area contributed by atoms with Crippen LogP contribution in [0.1, 0.15) is 18.2 Å². The van der Waals surface area contributed by atoms with Gasteiger partial charge in [0, 0.05) is 16.8 Å². The van der Waals surface area contributed by atoms with Crippen LogP contribution in [0.25, 0.3) is 10.9 Å². The predicted octanol–water partition coefficient (Wildman–Crippen LogP) is 3.59. The number of nitrogens with two attached hydrogens (primary N) is 1. The molecule has 2 N–H and O–H groups in total. The second-order valence-corrected chi connectivity index (χ2v) is 4.56. The third-order valence-electron chi connectivity index (χ3n) is 2.61. The van der Waals surface area contributed by atoms with Crippen molar-refractivity contribution in [3.8, 4) is 0 Å². The van der Waals surface area contributed by atoms with Gasteiger partial charge in [0.15, 0.2) is 0 Å². The Labute approximate surface area is 102 Å². The number of rotatable bonds is 1. The van der Waals surface area contributed by atoms with E-state index in [0.717, 1.165) is 23.2 Å². The summed E-state index contributed by atoms with van der Waals surface area (Å²) in [6.07, 6.45) is 0.814. The Morgan fingerprint density at radius 2 is 2.12 bits per heavy atom. The van der Waals surface area contributed by atoms with E-state index in [9.17, 15) is 4.39 Å². The lowest BCUT2D eigenvalue weighted by Gasteiger charge is -2.09. The minimum atomic E-state index is -0.303. The van der Waals surface area contributed by atoms with E-state index in [4.69, 9.17) is 5.73 Å². The zero-order valence-electron chi connectivity index (χ0n) is 9.14. The number of aryl methyl sites for hydroxylation is 2. The van der Waals surface area contributed by atoms with Gasteiger partial charge in [-0.05, 0) is 47.0 Å². The highest BCUT2D eigenvalue weighted by Gasteiger charge is 2.12. The fraction of sp³-hybridized carbons (Fsp3) is 0.250. The standard InChI is InChI=1S/C12H12BrFN2/c1-3-7-5-9(15)10-11(13)8(14)4-6(2)12(10)16-7/h4-5H,3H2,1-2H3,(H2,15,16). The van der Waals surface area contributed by atoms with Gasteiger partial charge in [0.05, 0.1) is 9.99 Å². The number of pyridine rings is 1. The molecule has 0 saturated heterocycles. The monoisotopic (exact) mass is 282 g/mol. The van der Waals surface area contributed by atoms with Gasteiger partial charge in [-0.15, -0.1) is 0 Å². The molecule has 0 atom stereocenters. The Hall–Kier alpha value is -1.16. The molecule has 0 saturated carbocycles. The molecule has 2 aromatic rings. The first-order valence-electron chi connectivity index (χ1n) is 5.08. The minimum absolute atomic E-state index is 0.303. The van der Waals surface area contributed by atoms with Crippen LogP contribution >= 0.6 is 15.9 Å². The van der Waals surface area contributed by atoms with Gasteiger partial charge in [0.1, 0.15) is 5.82 Å². The van der Waals surface area contributed by atoms with Crippen LogP contribution in [0.5, 0.6) is 0 Å². The van der Waals surface area contributed by atoms with Gasteiger partial charge >= 0.3 is 0 Å². The van der Waals surface area contributed by atoms with Crippen LogP contribution in [0.15, 0.2) is 16.6 Å². The van der Waals surface area contributed by atoms with Gasteiger partial charge in [-0.25, -0.2) is 4.39 Å². The van der Waals surface area contributed by atoms with Crippen LogP contribution < -0.4 is 5.73 Å². The summed E-state index contributed by atoms with van der Waals surface area (Å²) in [5.41, 5.74) is 9.00. The third kappa shape index (κ3) is 1.67. The molecule has 0 amide bonds. The van der Waals surface area contributed by atoms with E-state index in [0.29, 0.717) is 15.5 Å². The van der Waals surface area contributed by atoms with Crippen molar-refractivity contribution in [1.29, 1.82) is 0 Å².